The Morgan fingerprint density at radius 3 is 1.27 bits per heavy atom. The maximum Gasteiger partial charge on any atom is 0.0546 e. The van der Waals surface area contributed by atoms with Gasteiger partial charge in [-0.15, -0.1) is 0 Å². The minimum atomic E-state index is -0.179. The maximum atomic E-state index is 2.54. The van der Waals surface area contributed by atoms with Crippen LogP contribution in [0, 0.1) is 0 Å². The van der Waals surface area contributed by atoms with Gasteiger partial charge in [0, 0.05) is 22.4 Å². The summed E-state index contributed by atoms with van der Waals surface area (Å²) in [6.45, 7) is 4.76. The number of hydrogen-bond donors (Lipinski definition) is 0. The van der Waals surface area contributed by atoms with Crippen molar-refractivity contribution in [2.24, 2.45) is 0 Å². The molecule has 0 saturated carbocycles. The van der Waals surface area contributed by atoms with E-state index < -0.39 is 0 Å². The van der Waals surface area contributed by atoms with Crippen LogP contribution < -0.4 is 4.90 Å². The van der Waals surface area contributed by atoms with Crippen molar-refractivity contribution >= 4 is 49.4 Å². The molecule has 0 amide bonds. The van der Waals surface area contributed by atoms with Gasteiger partial charge in [-0.25, -0.2) is 0 Å². The van der Waals surface area contributed by atoms with Crippen molar-refractivity contribution in [1.82, 2.24) is 0 Å². The van der Waals surface area contributed by atoms with Gasteiger partial charge in [0.25, 0.3) is 0 Å². The Morgan fingerprint density at radius 2 is 0.672 bits per heavy atom. The van der Waals surface area contributed by atoms with Crippen molar-refractivity contribution in [3.63, 3.8) is 0 Å². The predicted molar refractivity (Wildman–Crippen MR) is 273 cm³/mol. The van der Waals surface area contributed by atoms with Crippen LogP contribution >= 0.6 is 0 Å². The molecule has 0 atom stereocenters. The second kappa shape index (κ2) is 15.1. The maximum absolute atomic E-state index is 2.54. The third-order valence-corrected chi connectivity index (χ3v) is 13.7. The van der Waals surface area contributed by atoms with E-state index in [1.807, 2.05) is 0 Å². The zero-order chi connectivity index (χ0) is 42.8. The summed E-state index contributed by atoms with van der Waals surface area (Å²) in [7, 11) is 0. The highest BCUT2D eigenvalue weighted by atomic mass is 15.1. The highest BCUT2D eigenvalue weighted by molar-refractivity contribution is 6.27. The van der Waals surface area contributed by atoms with Crippen LogP contribution in [0.3, 0.4) is 0 Å². The number of anilines is 3. The predicted octanol–water partition coefficient (Wildman–Crippen LogP) is 17.6. The summed E-state index contributed by atoms with van der Waals surface area (Å²) in [4.78, 5) is 2.54. The van der Waals surface area contributed by atoms with E-state index >= 15 is 0 Å². The highest BCUT2D eigenvalue weighted by Gasteiger charge is 2.36. The lowest BCUT2D eigenvalue weighted by atomic mass is 9.82. The number of rotatable bonds is 7. The molecule has 0 saturated heterocycles. The van der Waals surface area contributed by atoms with Crippen LogP contribution in [0.15, 0.2) is 237 Å². The number of fused-ring (bicyclic) bond motifs is 9. The van der Waals surface area contributed by atoms with E-state index in [-0.39, 0.29) is 5.41 Å². The molecule has 0 aromatic heterocycles. The summed E-state index contributed by atoms with van der Waals surface area (Å²) in [6.07, 6.45) is 0. The van der Waals surface area contributed by atoms with Crippen LogP contribution in [0.4, 0.5) is 17.1 Å². The molecular weight excluding hydrogens is 771 g/mol. The lowest BCUT2D eigenvalue weighted by molar-refractivity contribution is 0.660. The number of benzene rings is 11. The smallest absolute Gasteiger partial charge is 0.0546 e. The van der Waals surface area contributed by atoms with E-state index in [0.717, 1.165) is 17.1 Å². The first-order chi connectivity index (χ1) is 31.5. The Balaban J connectivity index is 1.22. The van der Waals surface area contributed by atoms with Crippen LogP contribution in [0.25, 0.3) is 88.0 Å². The first-order valence-corrected chi connectivity index (χ1v) is 22.3. The molecule has 0 unspecified atom stereocenters. The third-order valence-electron chi connectivity index (χ3n) is 13.7. The molecule has 1 aliphatic rings. The largest absolute Gasteiger partial charge is 0.310 e. The molecule has 1 heteroatoms. The van der Waals surface area contributed by atoms with Crippen LogP contribution in [0.1, 0.15) is 25.0 Å². The topological polar surface area (TPSA) is 3.24 Å². The Hall–Kier alpha value is -8.00. The average Bonchev–Trinajstić information content (AvgIpc) is 3.59. The van der Waals surface area contributed by atoms with Crippen molar-refractivity contribution in [2.45, 2.75) is 19.3 Å². The zero-order valence-corrected chi connectivity index (χ0v) is 36.0. The molecule has 302 valence electrons. The Labute approximate surface area is 375 Å². The first kappa shape index (κ1) is 37.7. The van der Waals surface area contributed by atoms with Crippen LogP contribution in [0.2, 0.25) is 0 Å². The molecular formula is C63H45N. The van der Waals surface area contributed by atoms with E-state index in [0.29, 0.717) is 0 Å². The molecule has 0 bridgehead atoms. The molecule has 0 fully saturated rings. The van der Waals surface area contributed by atoms with Crippen LogP contribution in [-0.4, -0.2) is 0 Å². The second-order valence-corrected chi connectivity index (χ2v) is 17.6. The molecule has 0 aliphatic heterocycles. The quantitative estimate of drug-likeness (QED) is 0.145. The van der Waals surface area contributed by atoms with E-state index in [4.69, 9.17) is 0 Å². The van der Waals surface area contributed by atoms with E-state index in [2.05, 4.69) is 255 Å². The minimum absolute atomic E-state index is 0.179. The summed E-state index contributed by atoms with van der Waals surface area (Å²) in [5.41, 5.74) is 18.0. The summed E-state index contributed by atoms with van der Waals surface area (Å²) in [5, 5.41) is 7.50. The van der Waals surface area contributed by atoms with E-state index in [1.165, 1.54) is 99.1 Å². The third kappa shape index (κ3) is 6.08. The van der Waals surface area contributed by atoms with Crippen LogP contribution in [0.5, 0.6) is 0 Å². The monoisotopic (exact) mass is 815 g/mol. The molecule has 0 N–H and O–H groups in total. The summed E-state index contributed by atoms with van der Waals surface area (Å²) in [5.74, 6) is 0. The molecule has 11 aromatic rings. The standard InChI is InChI=1S/C63H45N/c1-63(2)60-33-19-18-32-54(60)55-37-35-46(39-61(55)63)64(45-34-36-48(43-22-8-4-9-23-43)56(38-45)44-24-10-5-11-25-44)62-41-58-53-31-17-15-29-51(53)50-28-14-16-30-52(50)57(58)40-59(62)49-27-13-12-26-47(49)42-20-6-3-7-21-42/h3-41H,1-2H3. The Morgan fingerprint density at radius 1 is 0.266 bits per heavy atom. The van der Waals surface area contributed by atoms with E-state index in [9.17, 15) is 0 Å². The number of hydrogen-bond acceptors (Lipinski definition) is 1. The molecule has 64 heavy (non-hydrogen) atoms. The van der Waals surface area contributed by atoms with Gasteiger partial charge in [0.2, 0.25) is 0 Å². The van der Waals surface area contributed by atoms with Gasteiger partial charge in [-0.05, 0) is 130 Å². The summed E-state index contributed by atoms with van der Waals surface area (Å²) in [6, 6.07) is 87.5. The summed E-state index contributed by atoms with van der Waals surface area (Å²) >= 11 is 0. The SMILES string of the molecule is CC1(C)c2ccccc2-c2ccc(N(c3ccc(-c4ccccc4)c(-c4ccccc4)c3)c3cc4c5ccccc5c5ccccc5c4cc3-c3ccccc3-c3ccccc3)cc21. The molecule has 12 rings (SSSR count). The van der Waals surface area contributed by atoms with Crippen molar-refractivity contribution < 1.29 is 0 Å². The molecule has 0 radical (unpaired) electrons. The van der Waals surface area contributed by atoms with Gasteiger partial charge in [0.1, 0.15) is 0 Å². The fraction of sp³-hybridized carbons (Fsp3) is 0.0476. The molecule has 0 spiro atoms. The fourth-order valence-electron chi connectivity index (χ4n) is 10.6. The van der Waals surface area contributed by atoms with Gasteiger partial charge in [0.15, 0.2) is 0 Å². The van der Waals surface area contributed by atoms with Gasteiger partial charge < -0.3 is 4.90 Å². The summed E-state index contributed by atoms with van der Waals surface area (Å²) < 4.78 is 0. The highest BCUT2D eigenvalue weighted by Crippen LogP contribution is 2.53. The van der Waals surface area contributed by atoms with Gasteiger partial charge in [-0.1, -0.05) is 214 Å². The average molecular weight is 816 g/mol. The Bertz CT molecular complexity index is 3570. The van der Waals surface area contributed by atoms with Crippen molar-refractivity contribution in [3.8, 4) is 55.6 Å². The molecule has 1 nitrogen and oxygen atoms in total. The minimum Gasteiger partial charge on any atom is -0.310 e. The van der Waals surface area contributed by atoms with Crippen molar-refractivity contribution in [2.75, 3.05) is 4.90 Å². The second-order valence-electron chi connectivity index (χ2n) is 17.6. The van der Waals surface area contributed by atoms with Gasteiger partial charge >= 0.3 is 0 Å². The fourth-order valence-corrected chi connectivity index (χ4v) is 10.6. The van der Waals surface area contributed by atoms with E-state index in [1.54, 1.807) is 0 Å². The van der Waals surface area contributed by atoms with Gasteiger partial charge in [0.05, 0.1) is 5.69 Å². The first-order valence-electron chi connectivity index (χ1n) is 22.3. The Kier molecular flexibility index (Phi) is 8.91. The lowest BCUT2D eigenvalue weighted by Gasteiger charge is -2.31. The van der Waals surface area contributed by atoms with Gasteiger partial charge in [-0.3, -0.25) is 0 Å². The lowest BCUT2D eigenvalue weighted by Crippen LogP contribution is -2.17. The van der Waals surface area contributed by atoms with Crippen molar-refractivity contribution in [1.29, 1.82) is 0 Å². The molecule has 1 aliphatic carbocycles. The number of nitrogens with zero attached hydrogens (tertiary/aromatic N) is 1. The zero-order valence-electron chi connectivity index (χ0n) is 36.0. The van der Waals surface area contributed by atoms with Gasteiger partial charge in [-0.2, -0.15) is 0 Å². The normalized spacial score (nSPS) is 12.7. The van der Waals surface area contributed by atoms with Crippen molar-refractivity contribution in [3.05, 3.63) is 248 Å². The van der Waals surface area contributed by atoms with Crippen LogP contribution in [-0.2, 0) is 5.41 Å². The molecule has 11 aromatic carbocycles. The molecule has 0 heterocycles.